The van der Waals surface area contributed by atoms with E-state index in [9.17, 15) is 4.79 Å². The first-order chi connectivity index (χ1) is 9.10. The summed E-state index contributed by atoms with van der Waals surface area (Å²) in [5.41, 5.74) is 10.2. The third-order valence-electron chi connectivity index (χ3n) is 3.10. The van der Waals surface area contributed by atoms with Gasteiger partial charge in [-0.1, -0.05) is 30.7 Å². The zero-order valence-electron chi connectivity index (χ0n) is 11.2. The van der Waals surface area contributed by atoms with Gasteiger partial charge in [-0.25, -0.2) is 0 Å². The molecule has 2 aromatic rings. The number of carbonyl (C=O) groups is 1. The van der Waals surface area contributed by atoms with E-state index < -0.39 is 0 Å². The van der Waals surface area contributed by atoms with Crippen LogP contribution in [0.3, 0.4) is 0 Å². The van der Waals surface area contributed by atoms with E-state index in [0.717, 1.165) is 23.2 Å². The Bertz CT molecular complexity index is 588. The normalized spacial score (nSPS) is 10.2. The Labute approximate surface area is 113 Å². The first-order valence-electron chi connectivity index (χ1n) is 6.36. The molecule has 0 spiro atoms. The molecule has 2 aromatic carbocycles. The van der Waals surface area contributed by atoms with Gasteiger partial charge < -0.3 is 11.1 Å². The molecule has 0 aliphatic heterocycles. The van der Waals surface area contributed by atoms with Gasteiger partial charge >= 0.3 is 0 Å². The number of benzene rings is 2. The Hall–Kier alpha value is -2.29. The summed E-state index contributed by atoms with van der Waals surface area (Å²) in [6, 6.07) is 13.1. The standard InChI is InChI=1S/C16H18N2O/c1-3-12-8-9-14(10-15(12)17)18-16(19)13-6-4-11(2)5-7-13/h4-10H,3,17H2,1-2H3,(H,18,19). The van der Waals surface area contributed by atoms with Gasteiger partial charge in [-0.2, -0.15) is 0 Å². The van der Waals surface area contributed by atoms with Crippen LogP contribution in [-0.2, 0) is 6.42 Å². The van der Waals surface area contributed by atoms with E-state index >= 15 is 0 Å². The third kappa shape index (κ3) is 3.13. The van der Waals surface area contributed by atoms with Crippen LogP contribution in [0.2, 0.25) is 0 Å². The molecule has 0 bridgehead atoms. The average Bonchev–Trinajstić information content (AvgIpc) is 2.39. The minimum absolute atomic E-state index is 0.122. The smallest absolute Gasteiger partial charge is 0.255 e. The molecule has 2 rings (SSSR count). The SMILES string of the molecule is CCc1ccc(NC(=O)c2ccc(C)cc2)cc1N. The molecule has 0 aliphatic carbocycles. The fraction of sp³-hybridized carbons (Fsp3) is 0.188. The number of carbonyl (C=O) groups excluding carboxylic acids is 1. The Morgan fingerprint density at radius 3 is 2.42 bits per heavy atom. The van der Waals surface area contributed by atoms with Crippen molar-refractivity contribution in [1.29, 1.82) is 0 Å². The number of amides is 1. The molecule has 3 N–H and O–H groups in total. The quantitative estimate of drug-likeness (QED) is 0.825. The maximum absolute atomic E-state index is 12.0. The number of aryl methyl sites for hydroxylation is 2. The van der Waals surface area contributed by atoms with Crippen LogP contribution in [0.4, 0.5) is 11.4 Å². The third-order valence-corrected chi connectivity index (χ3v) is 3.10. The van der Waals surface area contributed by atoms with E-state index in [0.29, 0.717) is 11.3 Å². The second-order valence-corrected chi connectivity index (χ2v) is 4.59. The van der Waals surface area contributed by atoms with Crippen molar-refractivity contribution in [3.8, 4) is 0 Å². The van der Waals surface area contributed by atoms with Crippen molar-refractivity contribution in [2.24, 2.45) is 0 Å². The van der Waals surface area contributed by atoms with Crippen molar-refractivity contribution in [2.75, 3.05) is 11.1 Å². The maximum Gasteiger partial charge on any atom is 0.255 e. The molecule has 98 valence electrons. The molecule has 0 saturated carbocycles. The lowest BCUT2D eigenvalue weighted by atomic mass is 10.1. The molecular weight excluding hydrogens is 236 g/mol. The van der Waals surface area contributed by atoms with E-state index in [2.05, 4.69) is 12.2 Å². The molecule has 3 heteroatoms. The second-order valence-electron chi connectivity index (χ2n) is 4.59. The summed E-state index contributed by atoms with van der Waals surface area (Å²) in [5.74, 6) is -0.122. The van der Waals surface area contributed by atoms with Crippen LogP contribution < -0.4 is 11.1 Å². The van der Waals surface area contributed by atoms with Gasteiger partial charge in [0.05, 0.1) is 0 Å². The van der Waals surface area contributed by atoms with E-state index in [1.165, 1.54) is 0 Å². The maximum atomic E-state index is 12.0. The van der Waals surface area contributed by atoms with E-state index in [-0.39, 0.29) is 5.91 Å². The molecule has 0 saturated heterocycles. The summed E-state index contributed by atoms with van der Waals surface area (Å²) in [5, 5.41) is 2.85. The largest absolute Gasteiger partial charge is 0.398 e. The van der Waals surface area contributed by atoms with Crippen molar-refractivity contribution < 1.29 is 4.79 Å². The predicted octanol–water partition coefficient (Wildman–Crippen LogP) is 3.39. The average molecular weight is 254 g/mol. The van der Waals surface area contributed by atoms with Gasteiger partial charge in [0, 0.05) is 16.9 Å². The molecule has 0 fully saturated rings. The minimum Gasteiger partial charge on any atom is -0.398 e. The molecule has 1 amide bonds. The van der Waals surface area contributed by atoms with Crippen LogP contribution in [0.15, 0.2) is 42.5 Å². The zero-order valence-corrected chi connectivity index (χ0v) is 11.2. The summed E-state index contributed by atoms with van der Waals surface area (Å²) in [4.78, 5) is 12.0. The summed E-state index contributed by atoms with van der Waals surface area (Å²) < 4.78 is 0. The van der Waals surface area contributed by atoms with E-state index in [4.69, 9.17) is 5.73 Å². The molecule has 0 atom stereocenters. The first-order valence-corrected chi connectivity index (χ1v) is 6.36. The van der Waals surface area contributed by atoms with Crippen molar-refractivity contribution >= 4 is 17.3 Å². The van der Waals surface area contributed by atoms with Crippen molar-refractivity contribution in [1.82, 2.24) is 0 Å². The Morgan fingerprint density at radius 2 is 1.84 bits per heavy atom. The van der Waals surface area contributed by atoms with Gasteiger partial charge in [-0.15, -0.1) is 0 Å². The topological polar surface area (TPSA) is 55.1 Å². The molecule has 0 aromatic heterocycles. The number of anilines is 2. The first kappa shape index (κ1) is 13.1. The lowest BCUT2D eigenvalue weighted by Gasteiger charge is -2.08. The number of nitrogens with one attached hydrogen (secondary N) is 1. The van der Waals surface area contributed by atoms with Crippen LogP contribution in [-0.4, -0.2) is 5.91 Å². The Morgan fingerprint density at radius 1 is 1.16 bits per heavy atom. The Balaban J connectivity index is 2.14. The highest BCUT2D eigenvalue weighted by atomic mass is 16.1. The number of hydrogen-bond donors (Lipinski definition) is 2. The van der Waals surface area contributed by atoms with E-state index in [1.54, 1.807) is 6.07 Å². The molecule has 3 nitrogen and oxygen atoms in total. The van der Waals surface area contributed by atoms with Crippen LogP contribution in [0, 0.1) is 6.92 Å². The highest BCUT2D eigenvalue weighted by Gasteiger charge is 2.06. The summed E-state index contributed by atoms with van der Waals surface area (Å²) in [6.07, 6.45) is 0.887. The van der Waals surface area contributed by atoms with Gasteiger partial charge in [-0.3, -0.25) is 4.79 Å². The van der Waals surface area contributed by atoms with Crippen molar-refractivity contribution in [3.05, 3.63) is 59.2 Å². The van der Waals surface area contributed by atoms with Gasteiger partial charge in [0.2, 0.25) is 0 Å². The highest BCUT2D eigenvalue weighted by molar-refractivity contribution is 6.04. The lowest BCUT2D eigenvalue weighted by Crippen LogP contribution is -2.12. The van der Waals surface area contributed by atoms with Gasteiger partial charge in [0.15, 0.2) is 0 Å². The summed E-state index contributed by atoms with van der Waals surface area (Å²) >= 11 is 0. The highest BCUT2D eigenvalue weighted by Crippen LogP contribution is 2.19. The molecular formula is C16H18N2O. The molecule has 19 heavy (non-hydrogen) atoms. The molecule has 0 radical (unpaired) electrons. The van der Waals surface area contributed by atoms with Gasteiger partial charge in [0.1, 0.15) is 0 Å². The van der Waals surface area contributed by atoms with Gasteiger partial charge in [-0.05, 0) is 43.2 Å². The fourth-order valence-electron chi connectivity index (χ4n) is 1.90. The monoisotopic (exact) mass is 254 g/mol. The Kier molecular flexibility index (Phi) is 3.85. The van der Waals surface area contributed by atoms with E-state index in [1.807, 2.05) is 43.3 Å². The van der Waals surface area contributed by atoms with Crippen LogP contribution in [0.25, 0.3) is 0 Å². The second kappa shape index (κ2) is 5.57. The summed E-state index contributed by atoms with van der Waals surface area (Å²) in [7, 11) is 0. The van der Waals surface area contributed by atoms with Gasteiger partial charge in [0.25, 0.3) is 5.91 Å². The van der Waals surface area contributed by atoms with Crippen LogP contribution in [0.1, 0.15) is 28.4 Å². The predicted molar refractivity (Wildman–Crippen MR) is 79.4 cm³/mol. The lowest BCUT2D eigenvalue weighted by molar-refractivity contribution is 0.102. The molecule has 0 aliphatic rings. The zero-order chi connectivity index (χ0) is 13.8. The molecule has 0 heterocycles. The van der Waals surface area contributed by atoms with Crippen LogP contribution >= 0.6 is 0 Å². The minimum atomic E-state index is -0.122. The number of hydrogen-bond acceptors (Lipinski definition) is 2. The number of nitrogen functional groups attached to an aromatic ring is 1. The molecule has 0 unspecified atom stereocenters. The van der Waals surface area contributed by atoms with Crippen LogP contribution in [0.5, 0.6) is 0 Å². The summed E-state index contributed by atoms with van der Waals surface area (Å²) in [6.45, 7) is 4.04. The fourth-order valence-corrected chi connectivity index (χ4v) is 1.90. The van der Waals surface area contributed by atoms with Crippen molar-refractivity contribution in [2.45, 2.75) is 20.3 Å². The number of nitrogens with two attached hydrogens (primary N) is 1. The number of rotatable bonds is 3. The van der Waals surface area contributed by atoms with Crippen molar-refractivity contribution in [3.63, 3.8) is 0 Å².